The van der Waals surface area contributed by atoms with E-state index >= 15 is 0 Å². The summed E-state index contributed by atoms with van der Waals surface area (Å²) in [5.74, 6) is -0.134. The Morgan fingerprint density at radius 3 is 3.00 bits per heavy atom. The smallest absolute Gasteiger partial charge is 0.238 e. The number of likely N-dealkylation sites (tertiary alicyclic amines) is 1. The number of nitrogens with zero attached hydrogens (tertiary/aromatic N) is 3. The molecule has 1 aliphatic rings. The standard InChI is InChI=1S/C18H20FN3O3/c1-24-10-8-18(23)22-9-4-6-15(22)14-11-20-12-17(21-14)25-16-7-3-2-5-13(16)19/h2-3,5,7,11-12,15H,4,6,8-10H2,1H3. The van der Waals surface area contributed by atoms with Gasteiger partial charge in [0.25, 0.3) is 0 Å². The molecule has 132 valence electrons. The second kappa shape index (κ2) is 8.02. The quantitative estimate of drug-likeness (QED) is 0.805. The van der Waals surface area contributed by atoms with Crippen LogP contribution in [0.15, 0.2) is 36.7 Å². The van der Waals surface area contributed by atoms with Crippen LogP contribution < -0.4 is 4.74 Å². The van der Waals surface area contributed by atoms with E-state index in [0.717, 1.165) is 12.8 Å². The molecule has 25 heavy (non-hydrogen) atoms. The highest BCUT2D eigenvalue weighted by atomic mass is 19.1. The number of benzene rings is 1. The van der Waals surface area contributed by atoms with Crippen molar-refractivity contribution in [1.82, 2.24) is 14.9 Å². The van der Waals surface area contributed by atoms with Crippen molar-refractivity contribution in [3.63, 3.8) is 0 Å². The Morgan fingerprint density at radius 1 is 1.36 bits per heavy atom. The molecule has 1 aliphatic heterocycles. The molecule has 3 rings (SSSR count). The van der Waals surface area contributed by atoms with Gasteiger partial charge in [0.1, 0.15) is 0 Å². The van der Waals surface area contributed by atoms with Crippen molar-refractivity contribution >= 4 is 5.91 Å². The monoisotopic (exact) mass is 345 g/mol. The van der Waals surface area contributed by atoms with Gasteiger partial charge in [-0.15, -0.1) is 0 Å². The van der Waals surface area contributed by atoms with Gasteiger partial charge in [-0.3, -0.25) is 9.78 Å². The van der Waals surface area contributed by atoms with E-state index in [-0.39, 0.29) is 23.6 Å². The lowest BCUT2D eigenvalue weighted by molar-refractivity contribution is -0.133. The fourth-order valence-corrected chi connectivity index (χ4v) is 2.92. The molecule has 1 aromatic heterocycles. The van der Waals surface area contributed by atoms with Gasteiger partial charge in [0.05, 0.1) is 37.2 Å². The minimum Gasteiger partial charge on any atom is -0.434 e. The molecular formula is C18H20FN3O3. The molecule has 1 amide bonds. The number of hydrogen-bond acceptors (Lipinski definition) is 5. The third-order valence-corrected chi connectivity index (χ3v) is 4.12. The van der Waals surface area contributed by atoms with Crippen LogP contribution in [0.25, 0.3) is 0 Å². The summed E-state index contributed by atoms with van der Waals surface area (Å²) < 4.78 is 24.2. The van der Waals surface area contributed by atoms with Gasteiger partial charge in [-0.1, -0.05) is 12.1 Å². The second-order valence-electron chi connectivity index (χ2n) is 5.80. The average Bonchev–Trinajstić information content (AvgIpc) is 3.12. The number of amides is 1. The summed E-state index contributed by atoms with van der Waals surface area (Å²) >= 11 is 0. The van der Waals surface area contributed by atoms with Gasteiger partial charge in [-0.2, -0.15) is 0 Å². The number of rotatable bonds is 6. The molecule has 1 atom stereocenters. The molecule has 1 fully saturated rings. The zero-order valence-electron chi connectivity index (χ0n) is 14.0. The number of carbonyl (C=O) groups excluding carboxylic acids is 1. The topological polar surface area (TPSA) is 64.5 Å². The number of carbonyl (C=O) groups is 1. The van der Waals surface area contributed by atoms with Gasteiger partial charge in [0.2, 0.25) is 11.8 Å². The fourth-order valence-electron chi connectivity index (χ4n) is 2.92. The van der Waals surface area contributed by atoms with Crippen LogP contribution in [0.5, 0.6) is 11.6 Å². The first-order chi connectivity index (χ1) is 12.2. The molecular weight excluding hydrogens is 325 g/mol. The lowest BCUT2D eigenvalue weighted by Crippen LogP contribution is -2.31. The molecule has 2 heterocycles. The first kappa shape index (κ1) is 17.3. The number of methoxy groups -OCH3 is 1. The van der Waals surface area contributed by atoms with Crippen molar-refractivity contribution in [2.75, 3.05) is 20.3 Å². The zero-order chi connectivity index (χ0) is 17.6. The number of para-hydroxylation sites is 1. The third-order valence-electron chi connectivity index (χ3n) is 4.12. The Bertz CT molecular complexity index is 741. The third kappa shape index (κ3) is 4.11. The minimum atomic E-state index is -0.466. The predicted octanol–water partition coefficient (Wildman–Crippen LogP) is 3.11. The van der Waals surface area contributed by atoms with E-state index in [2.05, 4.69) is 9.97 Å². The van der Waals surface area contributed by atoms with Crippen LogP contribution in [0, 0.1) is 5.82 Å². The molecule has 0 bridgehead atoms. The molecule has 7 heteroatoms. The maximum absolute atomic E-state index is 13.7. The average molecular weight is 345 g/mol. The summed E-state index contributed by atoms with van der Waals surface area (Å²) in [6, 6.07) is 5.98. The molecule has 1 aromatic carbocycles. The van der Waals surface area contributed by atoms with Crippen molar-refractivity contribution in [1.29, 1.82) is 0 Å². The largest absolute Gasteiger partial charge is 0.434 e. The highest BCUT2D eigenvalue weighted by molar-refractivity contribution is 5.77. The first-order valence-corrected chi connectivity index (χ1v) is 8.22. The molecule has 0 saturated carbocycles. The molecule has 0 radical (unpaired) electrons. The number of hydrogen-bond donors (Lipinski definition) is 0. The number of ether oxygens (including phenoxy) is 2. The van der Waals surface area contributed by atoms with Crippen LogP contribution in [-0.4, -0.2) is 41.0 Å². The molecule has 1 saturated heterocycles. The highest BCUT2D eigenvalue weighted by Gasteiger charge is 2.31. The van der Waals surface area contributed by atoms with Crippen molar-refractivity contribution in [2.24, 2.45) is 0 Å². The van der Waals surface area contributed by atoms with E-state index in [1.165, 1.54) is 18.3 Å². The van der Waals surface area contributed by atoms with Crippen molar-refractivity contribution < 1.29 is 18.7 Å². The van der Waals surface area contributed by atoms with Gasteiger partial charge in [0.15, 0.2) is 11.6 Å². The highest BCUT2D eigenvalue weighted by Crippen LogP contribution is 2.32. The van der Waals surface area contributed by atoms with Crippen LogP contribution in [0.2, 0.25) is 0 Å². The van der Waals surface area contributed by atoms with Crippen LogP contribution in [-0.2, 0) is 9.53 Å². The van der Waals surface area contributed by atoms with Crippen LogP contribution in [0.3, 0.4) is 0 Å². The van der Waals surface area contributed by atoms with Gasteiger partial charge >= 0.3 is 0 Å². The van der Waals surface area contributed by atoms with Crippen LogP contribution in [0.4, 0.5) is 4.39 Å². The van der Waals surface area contributed by atoms with Gasteiger partial charge in [0, 0.05) is 13.7 Å². The summed E-state index contributed by atoms with van der Waals surface area (Å²) in [6.07, 6.45) is 5.12. The van der Waals surface area contributed by atoms with E-state index in [1.807, 2.05) is 0 Å². The molecule has 0 aliphatic carbocycles. The SMILES string of the molecule is COCCC(=O)N1CCCC1c1cncc(Oc2ccccc2F)n1. The molecule has 0 N–H and O–H groups in total. The van der Waals surface area contributed by atoms with Crippen LogP contribution >= 0.6 is 0 Å². The number of halogens is 1. The molecule has 2 aromatic rings. The Labute approximate surface area is 145 Å². The fraction of sp³-hybridized carbons (Fsp3) is 0.389. The van der Waals surface area contributed by atoms with Gasteiger partial charge in [-0.05, 0) is 25.0 Å². The van der Waals surface area contributed by atoms with Gasteiger partial charge < -0.3 is 14.4 Å². The Morgan fingerprint density at radius 2 is 2.20 bits per heavy atom. The summed E-state index contributed by atoms with van der Waals surface area (Å²) in [6.45, 7) is 1.08. The van der Waals surface area contributed by atoms with E-state index in [4.69, 9.17) is 9.47 Å². The molecule has 0 spiro atoms. The van der Waals surface area contributed by atoms with Crippen molar-refractivity contribution in [2.45, 2.75) is 25.3 Å². The summed E-state index contributed by atoms with van der Waals surface area (Å²) in [5.41, 5.74) is 0.650. The predicted molar refractivity (Wildman–Crippen MR) is 88.7 cm³/mol. The summed E-state index contributed by atoms with van der Waals surface area (Å²) in [4.78, 5) is 22.7. The molecule has 6 nitrogen and oxygen atoms in total. The lowest BCUT2D eigenvalue weighted by atomic mass is 10.1. The maximum atomic E-state index is 13.7. The summed E-state index contributed by atoms with van der Waals surface area (Å²) in [5, 5.41) is 0. The van der Waals surface area contributed by atoms with E-state index in [0.29, 0.717) is 25.3 Å². The van der Waals surface area contributed by atoms with Crippen molar-refractivity contribution in [3.05, 3.63) is 48.2 Å². The maximum Gasteiger partial charge on any atom is 0.238 e. The normalized spacial score (nSPS) is 16.9. The zero-order valence-corrected chi connectivity index (χ0v) is 14.0. The van der Waals surface area contributed by atoms with Crippen LogP contribution in [0.1, 0.15) is 31.0 Å². The first-order valence-electron chi connectivity index (χ1n) is 8.22. The lowest BCUT2D eigenvalue weighted by Gasteiger charge is -2.24. The van der Waals surface area contributed by atoms with E-state index in [1.54, 1.807) is 30.3 Å². The molecule has 1 unspecified atom stereocenters. The Balaban J connectivity index is 1.76. The minimum absolute atomic E-state index is 0.0339. The summed E-state index contributed by atoms with van der Waals surface area (Å²) in [7, 11) is 1.57. The second-order valence-corrected chi connectivity index (χ2v) is 5.80. The number of aromatic nitrogens is 2. The van der Waals surface area contributed by atoms with Crippen molar-refractivity contribution in [3.8, 4) is 11.6 Å². The van der Waals surface area contributed by atoms with E-state index < -0.39 is 5.82 Å². The van der Waals surface area contributed by atoms with Gasteiger partial charge in [-0.25, -0.2) is 9.37 Å². The van der Waals surface area contributed by atoms with E-state index in [9.17, 15) is 9.18 Å². The Kier molecular flexibility index (Phi) is 5.55. The Hall–Kier alpha value is -2.54.